The van der Waals surface area contributed by atoms with E-state index >= 15 is 0 Å². The first-order valence-corrected chi connectivity index (χ1v) is 9.06. The van der Waals surface area contributed by atoms with E-state index in [0.717, 1.165) is 18.0 Å². The number of rotatable bonds is 3. The van der Waals surface area contributed by atoms with Gasteiger partial charge in [-0.2, -0.15) is 0 Å². The van der Waals surface area contributed by atoms with E-state index in [1.807, 2.05) is 11.9 Å². The van der Waals surface area contributed by atoms with E-state index in [9.17, 15) is 8.42 Å². The molecule has 0 spiro atoms. The van der Waals surface area contributed by atoms with Gasteiger partial charge in [-0.1, -0.05) is 23.2 Å². The summed E-state index contributed by atoms with van der Waals surface area (Å²) in [6.07, 6.45) is 0. The lowest BCUT2D eigenvalue weighted by atomic mass is 10.2. The lowest BCUT2D eigenvalue weighted by Gasteiger charge is -2.28. The van der Waals surface area contributed by atoms with E-state index in [-0.39, 0.29) is 9.92 Å². The molecule has 1 aliphatic heterocycles. The van der Waals surface area contributed by atoms with Crippen LogP contribution in [0.5, 0.6) is 5.75 Å². The lowest BCUT2D eigenvalue weighted by molar-refractivity contribution is 0.311. The smallest absolute Gasteiger partial charge is 0.261 e. The van der Waals surface area contributed by atoms with Gasteiger partial charge < -0.3 is 9.64 Å². The molecule has 0 atom stereocenters. The molecule has 2 aromatic carbocycles. The zero-order valence-electron chi connectivity index (χ0n) is 12.2. The summed E-state index contributed by atoms with van der Waals surface area (Å²) in [7, 11) is -1.82. The number of hydrogen-bond acceptors (Lipinski definition) is 4. The van der Waals surface area contributed by atoms with Crippen LogP contribution in [0, 0.1) is 0 Å². The zero-order chi connectivity index (χ0) is 16.6. The number of nitrogens with one attached hydrogen (secondary N) is 1. The molecule has 0 saturated heterocycles. The Morgan fingerprint density at radius 2 is 1.91 bits per heavy atom. The van der Waals surface area contributed by atoms with Crippen LogP contribution in [0.1, 0.15) is 0 Å². The van der Waals surface area contributed by atoms with Crippen LogP contribution in [0.15, 0.2) is 41.3 Å². The number of nitrogens with zero attached hydrogens (tertiary/aromatic N) is 1. The fourth-order valence-corrected chi connectivity index (χ4v) is 3.71. The Balaban J connectivity index is 1.91. The molecule has 1 N–H and O–H groups in total. The number of sulfonamides is 1. The van der Waals surface area contributed by atoms with E-state index < -0.39 is 10.0 Å². The van der Waals surface area contributed by atoms with Gasteiger partial charge in [0.2, 0.25) is 0 Å². The van der Waals surface area contributed by atoms with E-state index in [1.165, 1.54) is 18.2 Å². The van der Waals surface area contributed by atoms with Gasteiger partial charge in [-0.15, -0.1) is 0 Å². The van der Waals surface area contributed by atoms with Crippen LogP contribution in [-0.2, 0) is 10.0 Å². The first-order chi connectivity index (χ1) is 10.9. The first kappa shape index (κ1) is 16.2. The van der Waals surface area contributed by atoms with Crippen molar-refractivity contribution in [2.45, 2.75) is 4.90 Å². The molecule has 1 heterocycles. The Morgan fingerprint density at radius 3 is 2.65 bits per heavy atom. The van der Waals surface area contributed by atoms with Crippen LogP contribution >= 0.6 is 23.2 Å². The first-order valence-electron chi connectivity index (χ1n) is 6.83. The molecular weight excluding hydrogens is 359 g/mol. The molecule has 0 amide bonds. The minimum Gasteiger partial charge on any atom is -0.490 e. The van der Waals surface area contributed by atoms with E-state index in [1.54, 1.807) is 18.2 Å². The number of likely N-dealkylation sites (N-methyl/N-ethyl adjacent to an activating group) is 1. The van der Waals surface area contributed by atoms with E-state index in [2.05, 4.69) is 4.72 Å². The summed E-state index contributed by atoms with van der Waals surface area (Å²) in [5.74, 6) is 0.733. The highest BCUT2D eigenvalue weighted by Crippen LogP contribution is 2.34. The molecule has 0 aliphatic carbocycles. The van der Waals surface area contributed by atoms with Crippen LogP contribution in [0.3, 0.4) is 0 Å². The average Bonchev–Trinajstić information content (AvgIpc) is 2.50. The molecule has 5 nitrogen and oxygen atoms in total. The van der Waals surface area contributed by atoms with Crippen molar-refractivity contribution < 1.29 is 13.2 Å². The Morgan fingerprint density at radius 1 is 1.13 bits per heavy atom. The highest BCUT2D eigenvalue weighted by Gasteiger charge is 2.19. The fraction of sp³-hybridized carbons (Fsp3) is 0.200. The van der Waals surface area contributed by atoms with Crippen LogP contribution in [-0.4, -0.2) is 28.6 Å². The molecule has 0 unspecified atom stereocenters. The number of benzene rings is 2. The number of anilines is 2. The molecule has 0 saturated carbocycles. The molecule has 2 aromatic rings. The van der Waals surface area contributed by atoms with Crippen molar-refractivity contribution >= 4 is 44.6 Å². The average molecular weight is 373 g/mol. The van der Waals surface area contributed by atoms with E-state index in [4.69, 9.17) is 27.9 Å². The van der Waals surface area contributed by atoms with Crippen molar-refractivity contribution in [2.75, 3.05) is 29.8 Å². The Hall–Kier alpha value is -1.63. The largest absolute Gasteiger partial charge is 0.490 e. The Labute approximate surface area is 144 Å². The second-order valence-corrected chi connectivity index (χ2v) is 7.63. The zero-order valence-corrected chi connectivity index (χ0v) is 14.5. The van der Waals surface area contributed by atoms with Gasteiger partial charge in [-0.3, -0.25) is 4.72 Å². The van der Waals surface area contributed by atoms with Crippen molar-refractivity contribution in [1.82, 2.24) is 0 Å². The van der Waals surface area contributed by atoms with Gasteiger partial charge in [0.05, 0.1) is 32.9 Å². The summed E-state index contributed by atoms with van der Waals surface area (Å²) in [5, 5.41) is 0.492. The van der Waals surface area contributed by atoms with Crippen LogP contribution in [0.2, 0.25) is 10.0 Å². The summed E-state index contributed by atoms with van der Waals surface area (Å²) >= 11 is 11.7. The molecule has 0 radical (unpaired) electrons. The highest BCUT2D eigenvalue weighted by molar-refractivity contribution is 7.92. The third kappa shape index (κ3) is 3.34. The van der Waals surface area contributed by atoms with Crippen molar-refractivity contribution in [3.8, 4) is 5.75 Å². The predicted molar refractivity (Wildman–Crippen MR) is 92.5 cm³/mol. The molecule has 0 bridgehead atoms. The number of ether oxygens (including phenoxy) is 1. The molecule has 0 aromatic heterocycles. The third-order valence-corrected chi connectivity index (χ3v) is 5.63. The Kier molecular flexibility index (Phi) is 4.31. The molecule has 3 rings (SSSR count). The predicted octanol–water partition coefficient (Wildman–Crippen LogP) is 3.62. The minimum absolute atomic E-state index is 0.0502. The maximum Gasteiger partial charge on any atom is 0.261 e. The van der Waals surface area contributed by atoms with Gasteiger partial charge in [-0.05, 0) is 36.4 Å². The second kappa shape index (κ2) is 6.11. The summed E-state index contributed by atoms with van der Waals surface area (Å²) < 4.78 is 33.0. The van der Waals surface area contributed by atoms with Gasteiger partial charge in [0.25, 0.3) is 10.0 Å². The maximum atomic E-state index is 12.5. The highest BCUT2D eigenvalue weighted by atomic mass is 35.5. The van der Waals surface area contributed by atoms with Gasteiger partial charge in [0, 0.05) is 7.05 Å². The lowest BCUT2D eigenvalue weighted by Crippen LogP contribution is -2.28. The number of fused-ring (bicyclic) bond motifs is 1. The summed E-state index contributed by atoms with van der Waals surface area (Å²) in [4.78, 5) is 2.06. The van der Waals surface area contributed by atoms with Crippen LogP contribution < -0.4 is 14.4 Å². The maximum absolute atomic E-state index is 12.5. The SMILES string of the molecule is CN1CCOc2ccc(NS(=O)(=O)c3ccc(Cl)c(Cl)c3)cc21. The Bertz CT molecular complexity index is 856. The molecule has 1 aliphatic rings. The number of hydrogen-bond donors (Lipinski definition) is 1. The topological polar surface area (TPSA) is 58.6 Å². The number of halogens is 2. The second-order valence-electron chi connectivity index (χ2n) is 5.13. The van der Waals surface area contributed by atoms with Gasteiger partial charge >= 0.3 is 0 Å². The van der Waals surface area contributed by atoms with Crippen LogP contribution in [0.25, 0.3) is 0 Å². The van der Waals surface area contributed by atoms with Crippen LogP contribution in [0.4, 0.5) is 11.4 Å². The molecule has 23 heavy (non-hydrogen) atoms. The molecule has 8 heteroatoms. The minimum atomic E-state index is -3.75. The van der Waals surface area contributed by atoms with Crippen molar-refractivity contribution in [2.24, 2.45) is 0 Å². The molecule has 0 fully saturated rings. The monoisotopic (exact) mass is 372 g/mol. The summed E-state index contributed by atoms with van der Waals surface area (Å²) in [6, 6.07) is 9.32. The normalized spacial score (nSPS) is 14.1. The third-order valence-electron chi connectivity index (χ3n) is 3.51. The summed E-state index contributed by atoms with van der Waals surface area (Å²) in [5.41, 5.74) is 1.29. The standard InChI is InChI=1S/C15H14Cl2N2O3S/c1-19-6-7-22-15-5-2-10(8-14(15)19)18-23(20,21)11-3-4-12(16)13(17)9-11/h2-5,8-9,18H,6-7H2,1H3. The molecule has 122 valence electrons. The van der Waals surface area contributed by atoms with Gasteiger partial charge in [0.15, 0.2) is 0 Å². The fourth-order valence-electron chi connectivity index (χ4n) is 2.27. The molecular formula is C15H14Cl2N2O3S. The van der Waals surface area contributed by atoms with Crippen molar-refractivity contribution in [3.63, 3.8) is 0 Å². The summed E-state index contributed by atoms with van der Waals surface area (Å²) in [6.45, 7) is 1.36. The van der Waals surface area contributed by atoms with Gasteiger partial charge in [0.1, 0.15) is 12.4 Å². The van der Waals surface area contributed by atoms with Crippen molar-refractivity contribution in [1.29, 1.82) is 0 Å². The quantitative estimate of drug-likeness (QED) is 0.893. The van der Waals surface area contributed by atoms with Gasteiger partial charge in [-0.25, -0.2) is 8.42 Å². The van der Waals surface area contributed by atoms with Crippen molar-refractivity contribution in [3.05, 3.63) is 46.4 Å². The van der Waals surface area contributed by atoms with E-state index in [0.29, 0.717) is 17.3 Å².